The zero-order valence-corrected chi connectivity index (χ0v) is 15.8. The van der Waals surface area contributed by atoms with Gasteiger partial charge in [0.2, 0.25) is 0 Å². The SMILES string of the molecule is Cc1nn(-c2ccc(Br)cc2)c(Cl)c1/C=N/Nc1ccc(Cl)cc1. The quantitative estimate of drug-likeness (QED) is 0.432. The molecule has 24 heavy (non-hydrogen) atoms. The summed E-state index contributed by atoms with van der Waals surface area (Å²) < 4.78 is 2.69. The van der Waals surface area contributed by atoms with E-state index in [1.807, 2.05) is 43.3 Å². The Morgan fingerprint density at radius 1 is 1.08 bits per heavy atom. The topological polar surface area (TPSA) is 42.2 Å². The molecule has 0 amide bonds. The van der Waals surface area contributed by atoms with Crippen LogP contribution in [0.3, 0.4) is 0 Å². The number of hydrogen-bond acceptors (Lipinski definition) is 3. The first kappa shape index (κ1) is 17.0. The van der Waals surface area contributed by atoms with E-state index in [0.29, 0.717) is 10.2 Å². The molecule has 3 aromatic rings. The van der Waals surface area contributed by atoms with Gasteiger partial charge in [0.05, 0.1) is 28.8 Å². The molecule has 1 aromatic heterocycles. The third-order valence-electron chi connectivity index (χ3n) is 3.35. The van der Waals surface area contributed by atoms with E-state index in [1.165, 1.54) is 0 Å². The summed E-state index contributed by atoms with van der Waals surface area (Å²) in [5, 5.41) is 9.89. The number of benzene rings is 2. The number of aryl methyl sites for hydroxylation is 1. The van der Waals surface area contributed by atoms with E-state index < -0.39 is 0 Å². The van der Waals surface area contributed by atoms with Crippen LogP contribution in [0, 0.1) is 6.92 Å². The van der Waals surface area contributed by atoms with Crippen LogP contribution in [0.2, 0.25) is 10.2 Å². The molecule has 2 aromatic carbocycles. The molecule has 3 rings (SSSR count). The van der Waals surface area contributed by atoms with Crippen molar-refractivity contribution < 1.29 is 0 Å². The molecule has 0 fully saturated rings. The lowest BCUT2D eigenvalue weighted by Gasteiger charge is -2.03. The highest BCUT2D eigenvalue weighted by atomic mass is 79.9. The van der Waals surface area contributed by atoms with Gasteiger partial charge in [-0.1, -0.05) is 39.1 Å². The van der Waals surface area contributed by atoms with Crippen LogP contribution in [-0.2, 0) is 0 Å². The van der Waals surface area contributed by atoms with Gasteiger partial charge in [-0.2, -0.15) is 10.2 Å². The van der Waals surface area contributed by atoms with Gasteiger partial charge in [-0.05, 0) is 55.5 Å². The molecular weight excluding hydrogens is 411 g/mol. The van der Waals surface area contributed by atoms with Crippen LogP contribution in [0.5, 0.6) is 0 Å². The second kappa shape index (κ2) is 7.38. The second-order valence-electron chi connectivity index (χ2n) is 5.06. The van der Waals surface area contributed by atoms with Gasteiger partial charge in [-0.15, -0.1) is 0 Å². The maximum absolute atomic E-state index is 6.46. The fourth-order valence-electron chi connectivity index (χ4n) is 2.11. The van der Waals surface area contributed by atoms with Crippen LogP contribution < -0.4 is 5.43 Å². The molecule has 7 heteroatoms. The molecule has 0 spiro atoms. The molecular formula is C17H13BrCl2N4. The van der Waals surface area contributed by atoms with Crippen LogP contribution >= 0.6 is 39.1 Å². The summed E-state index contributed by atoms with van der Waals surface area (Å²) in [4.78, 5) is 0. The molecule has 1 N–H and O–H groups in total. The van der Waals surface area contributed by atoms with Crippen LogP contribution in [0.25, 0.3) is 5.69 Å². The van der Waals surface area contributed by atoms with Gasteiger partial charge < -0.3 is 0 Å². The number of hydrogen-bond donors (Lipinski definition) is 1. The highest BCUT2D eigenvalue weighted by molar-refractivity contribution is 9.10. The first-order valence-corrected chi connectivity index (χ1v) is 8.65. The summed E-state index contributed by atoms with van der Waals surface area (Å²) in [5.74, 6) is 0. The van der Waals surface area contributed by atoms with Crippen molar-refractivity contribution in [2.24, 2.45) is 5.10 Å². The van der Waals surface area contributed by atoms with Gasteiger partial charge >= 0.3 is 0 Å². The van der Waals surface area contributed by atoms with Crippen molar-refractivity contribution in [3.05, 3.63) is 74.4 Å². The Kier molecular flexibility index (Phi) is 5.23. The number of aromatic nitrogens is 2. The number of halogens is 3. The van der Waals surface area contributed by atoms with Gasteiger partial charge in [-0.3, -0.25) is 5.43 Å². The summed E-state index contributed by atoms with van der Waals surface area (Å²) >= 11 is 15.7. The van der Waals surface area contributed by atoms with Crippen molar-refractivity contribution in [2.45, 2.75) is 6.92 Å². The first-order valence-electron chi connectivity index (χ1n) is 7.10. The fraction of sp³-hybridized carbons (Fsp3) is 0.0588. The summed E-state index contributed by atoms with van der Waals surface area (Å²) in [5.41, 5.74) is 6.22. The van der Waals surface area contributed by atoms with E-state index in [4.69, 9.17) is 23.2 Å². The van der Waals surface area contributed by atoms with Crippen LogP contribution in [0.1, 0.15) is 11.3 Å². The van der Waals surface area contributed by atoms with Crippen molar-refractivity contribution in [1.82, 2.24) is 9.78 Å². The monoisotopic (exact) mass is 422 g/mol. The largest absolute Gasteiger partial charge is 0.279 e. The molecule has 0 radical (unpaired) electrons. The molecule has 0 atom stereocenters. The Morgan fingerprint density at radius 3 is 2.42 bits per heavy atom. The van der Waals surface area contributed by atoms with Crippen LogP contribution in [0.15, 0.2) is 58.1 Å². The Balaban J connectivity index is 1.82. The highest BCUT2D eigenvalue weighted by Crippen LogP contribution is 2.23. The number of hydrazone groups is 1. The average Bonchev–Trinajstić information content (AvgIpc) is 2.85. The average molecular weight is 424 g/mol. The van der Waals surface area contributed by atoms with Crippen molar-refractivity contribution in [3.8, 4) is 5.69 Å². The van der Waals surface area contributed by atoms with Gasteiger partial charge in [-0.25, -0.2) is 4.68 Å². The van der Waals surface area contributed by atoms with Crippen LogP contribution in [-0.4, -0.2) is 16.0 Å². The predicted octanol–water partition coefficient (Wildman–Crippen LogP) is 5.70. The van der Waals surface area contributed by atoms with Crippen molar-refractivity contribution in [1.29, 1.82) is 0 Å². The molecule has 0 aliphatic carbocycles. The predicted molar refractivity (Wildman–Crippen MR) is 104 cm³/mol. The zero-order valence-electron chi connectivity index (χ0n) is 12.7. The lowest BCUT2D eigenvalue weighted by molar-refractivity contribution is 0.863. The maximum Gasteiger partial charge on any atom is 0.142 e. The van der Waals surface area contributed by atoms with Gasteiger partial charge in [0.15, 0.2) is 0 Å². The van der Waals surface area contributed by atoms with E-state index in [0.717, 1.165) is 27.1 Å². The molecule has 0 saturated carbocycles. The van der Waals surface area contributed by atoms with Crippen molar-refractivity contribution >= 4 is 51.0 Å². The number of anilines is 1. The Bertz CT molecular complexity index is 871. The van der Waals surface area contributed by atoms with E-state index in [1.54, 1.807) is 23.0 Å². The minimum Gasteiger partial charge on any atom is -0.279 e. The zero-order chi connectivity index (χ0) is 17.1. The molecule has 4 nitrogen and oxygen atoms in total. The lowest BCUT2D eigenvalue weighted by Crippen LogP contribution is -1.96. The number of nitrogens with one attached hydrogen (secondary N) is 1. The minimum atomic E-state index is 0.511. The van der Waals surface area contributed by atoms with Crippen LogP contribution in [0.4, 0.5) is 5.69 Å². The summed E-state index contributed by atoms with van der Waals surface area (Å²) in [6.45, 7) is 1.89. The van der Waals surface area contributed by atoms with Gasteiger partial charge in [0.1, 0.15) is 5.15 Å². The van der Waals surface area contributed by atoms with Crippen molar-refractivity contribution in [2.75, 3.05) is 5.43 Å². The third-order valence-corrected chi connectivity index (χ3v) is 4.50. The lowest BCUT2D eigenvalue weighted by atomic mass is 10.3. The molecule has 0 aliphatic heterocycles. The van der Waals surface area contributed by atoms with Crippen molar-refractivity contribution in [3.63, 3.8) is 0 Å². The third kappa shape index (κ3) is 3.80. The van der Waals surface area contributed by atoms with E-state index in [2.05, 4.69) is 31.6 Å². The molecule has 122 valence electrons. The summed E-state index contributed by atoms with van der Waals surface area (Å²) in [7, 11) is 0. The Morgan fingerprint density at radius 2 is 1.75 bits per heavy atom. The molecule has 1 heterocycles. The number of nitrogens with zero attached hydrogens (tertiary/aromatic N) is 3. The smallest absolute Gasteiger partial charge is 0.142 e. The molecule has 0 saturated heterocycles. The van der Waals surface area contributed by atoms with E-state index in [9.17, 15) is 0 Å². The highest BCUT2D eigenvalue weighted by Gasteiger charge is 2.13. The molecule has 0 aliphatic rings. The normalized spacial score (nSPS) is 11.2. The second-order valence-corrected chi connectivity index (χ2v) is 6.77. The fourth-order valence-corrected chi connectivity index (χ4v) is 2.82. The maximum atomic E-state index is 6.46. The van der Waals surface area contributed by atoms with Gasteiger partial charge in [0.25, 0.3) is 0 Å². The summed E-state index contributed by atoms with van der Waals surface area (Å²) in [6, 6.07) is 15.0. The standard InChI is InChI=1S/C17H13BrCl2N4/c1-11-16(10-21-22-14-6-4-13(19)5-7-14)17(20)24(23-11)15-8-2-12(18)3-9-15/h2-10,22H,1H3/b21-10+. The number of rotatable bonds is 4. The van der Waals surface area contributed by atoms with E-state index >= 15 is 0 Å². The Hall–Kier alpha value is -1.82. The molecule has 0 bridgehead atoms. The van der Waals surface area contributed by atoms with Gasteiger partial charge in [0, 0.05) is 9.50 Å². The van der Waals surface area contributed by atoms with E-state index in [-0.39, 0.29) is 0 Å². The first-order chi connectivity index (χ1) is 11.5. The Labute approximate surface area is 158 Å². The minimum absolute atomic E-state index is 0.511. The summed E-state index contributed by atoms with van der Waals surface area (Å²) in [6.07, 6.45) is 1.66. The molecule has 0 unspecified atom stereocenters.